The molecule has 0 fully saturated rings. The van der Waals surface area contributed by atoms with Crippen LogP contribution in [-0.2, 0) is 16.1 Å². The Bertz CT molecular complexity index is 1300. The van der Waals surface area contributed by atoms with E-state index in [0.29, 0.717) is 29.4 Å². The first-order valence-corrected chi connectivity index (χ1v) is 11.8. The van der Waals surface area contributed by atoms with Gasteiger partial charge in [0.1, 0.15) is 17.6 Å². The summed E-state index contributed by atoms with van der Waals surface area (Å²) in [6, 6.07) is 21.4. The lowest BCUT2D eigenvalue weighted by molar-refractivity contribution is -0.126. The number of para-hydroxylation sites is 2. The van der Waals surface area contributed by atoms with Crippen molar-refractivity contribution in [3.05, 3.63) is 108 Å². The fourth-order valence-corrected chi connectivity index (χ4v) is 3.82. The van der Waals surface area contributed by atoms with Crippen molar-refractivity contribution in [2.75, 3.05) is 18.1 Å². The van der Waals surface area contributed by atoms with Crippen LogP contribution in [0.3, 0.4) is 0 Å². The predicted molar refractivity (Wildman–Crippen MR) is 136 cm³/mol. The minimum absolute atomic E-state index is 0.0740. The van der Waals surface area contributed by atoms with Gasteiger partial charge in [0, 0.05) is 0 Å². The highest BCUT2D eigenvalue weighted by molar-refractivity contribution is 6.05. The second-order valence-electron chi connectivity index (χ2n) is 7.93. The number of nitrogens with one attached hydrogen (secondary N) is 2. The van der Waals surface area contributed by atoms with Crippen LogP contribution in [-0.4, -0.2) is 30.9 Å². The fourth-order valence-electron chi connectivity index (χ4n) is 3.82. The van der Waals surface area contributed by atoms with Crippen LogP contribution in [0.15, 0.2) is 100 Å². The molecule has 9 heteroatoms. The highest BCUT2D eigenvalue weighted by atomic mass is 16.5. The van der Waals surface area contributed by atoms with Crippen molar-refractivity contribution >= 4 is 23.4 Å². The predicted octanol–water partition coefficient (Wildman–Crippen LogP) is 4.09. The SMILES string of the molecule is CCOc1ccccc1N(C(=O)CNC(=O)c1ccco1)[C@@H](C(=O)NCc1ccco1)c1ccccc1. The van der Waals surface area contributed by atoms with Crippen molar-refractivity contribution in [1.29, 1.82) is 0 Å². The molecule has 2 aromatic carbocycles. The van der Waals surface area contributed by atoms with E-state index in [-0.39, 0.29) is 18.8 Å². The van der Waals surface area contributed by atoms with Gasteiger partial charge in [-0.3, -0.25) is 19.3 Å². The second-order valence-corrected chi connectivity index (χ2v) is 7.93. The molecule has 0 aliphatic rings. The number of furan rings is 2. The third-order valence-corrected chi connectivity index (χ3v) is 5.48. The van der Waals surface area contributed by atoms with Crippen molar-refractivity contribution in [3.8, 4) is 5.75 Å². The van der Waals surface area contributed by atoms with Gasteiger partial charge in [0.05, 0.1) is 37.9 Å². The minimum Gasteiger partial charge on any atom is -0.492 e. The van der Waals surface area contributed by atoms with Gasteiger partial charge in [-0.15, -0.1) is 0 Å². The van der Waals surface area contributed by atoms with E-state index in [1.165, 1.54) is 23.5 Å². The van der Waals surface area contributed by atoms with Crippen LogP contribution in [0.5, 0.6) is 5.75 Å². The first-order chi connectivity index (χ1) is 18.1. The Morgan fingerprint density at radius 2 is 1.59 bits per heavy atom. The first kappa shape index (κ1) is 25.3. The van der Waals surface area contributed by atoms with Gasteiger partial charge in [-0.25, -0.2) is 0 Å². The van der Waals surface area contributed by atoms with Crippen LogP contribution in [0.1, 0.15) is 34.8 Å². The van der Waals surface area contributed by atoms with Crippen LogP contribution < -0.4 is 20.3 Å². The summed E-state index contributed by atoms with van der Waals surface area (Å²) in [7, 11) is 0. The third kappa shape index (κ3) is 6.26. The second kappa shape index (κ2) is 12.3. The molecule has 190 valence electrons. The summed E-state index contributed by atoms with van der Waals surface area (Å²) < 4.78 is 16.3. The van der Waals surface area contributed by atoms with Gasteiger partial charge in [0.25, 0.3) is 5.91 Å². The average molecular weight is 502 g/mol. The van der Waals surface area contributed by atoms with Gasteiger partial charge in [0.2, 0.25) is 11.8 Å². The average Bonchev–Trinajstić information content (AvgIpc) is 3.65. The quantitative estimate of drug-likeness (QED) is 0.320. The Kier molecular flexibility index (Phi) is 8.38. The zero-order chi connectivity index (χ0) is 26.0. The van der Waals surface area contributed by atoms with Gasteiger partial charge in [-0.2, -0.15) is 0 Å². The van der Waals surface area contributed by atoms with Crippen LogP contribution in [0.2, 0.25) is 0 Å². The molecule has 2 aromatic heterocycles. The van der Waals surface area contributed by atoms with Crippen molar-refractivity contribution < 1.29 is 28.0 Å². The van der Waals surface area contributed by atoms with Crippen molar-refractivity contribution in [3.63, 3.8) is 0 Å². The van der Waals surface area contributed by atoms with E-state index in [9.17, 15) is 14.4 Å². The number of anilines is 1. The largest absolute Gasteiger partial charge is 0.492 e. The van der Waals surface area contributed by atoms with Crippen molar-refractivity contribution in [1.82, 2.24) is 10.6 Å². The summed E-state index contributed by atoms with van der Waals surface area (Å²) in [4.78, 5) is 41.2. The van der Waals surface area contributed by atoms with Crippen LogP contribution in [0, 0.1) is 0 Å². The smallest absolute Gasteiger partial charge is 0.287 e. The normalized spacial score (nSPS) is 11.4. The lowest BCUT2D eigenvalue weighted by Gasteiger charge is -2.32. The van der Waals surface area contributed by atoms with Gasteiger partial charge in [-0.05, 0) is 48.9 Å². The molecule has 2 N–H and O–H groups in total. The molecular formula is C28H27N3O6. The molecule has 0 saturated heterocycles. The number of hydrogen-bond donors (Lipinski definition) is 2. The molecule has 0 bridgehead atoms. The van der Waals surface area contributed by atoms with Crippen molar-refractivity contribution in [2.24, 2.45) is 0 Å². The molecule has 2 heterocycles. The zero-order valence-corrected chi connectivity index (χ0v) is 20.3. The number of benzene rings is 2. The molecule has 4 aromatic rings. The number of carbonyl (C=O) groups is 3. The Morgan fingerprint density at radius 3 is 2.30 bits per heavy atom. The standard InChI is InChI=1S/C28H27N3O6/c1-2-35-23-14-7-6-13-22(23)31(25(32)19-30-27(33)24-15-9-17-37-24)26(20-10-4-3-5-11-20)28(34)29-18-21-12-8-16-36-21/h3-17,26H,2,18-19H2,1H3,(H,29,34)(H,30,33)/t26-/m1/s1. The van der Waals surface area contributed by atoms with E-state index in [4.69, 9.17) is 13.6 Å². The summed E-state index contributed by atoms with van der Waals surface area (Å²) in [5.74, 6) is -0.428. The van der Waals surface area contributed by atoms with Gasteiger partial charge in [-0.1, -0.05) is 42.5 Å². The Labute approximate surface area is 214 Å². The molecule has 0 saturated carbocycles. The molecule has 1 atom stereocenters. The van der Waals surface area contributed by atoms with Gasteiger partial charge >= 0.3 is 0 Å². The summed E-state index contributed by atoms with van der Waals surface area (Å²) in [6.07, 6.45) is 2.89. The van der Waals surface area contributed by atoms with Gasteiger partial charge in [0.15, 0.2) is 5.76 Å². The fraction of sp³-hybridized carbons (Fsp3) is 0.179. The zero-order valence-electron chi connectivity index (χ0n) is 20.3. The third-order valence-electron chi connectivity index (χ3n) is 5.48. The monoisotopic (exact) mass is 501 g/mol. The maximum atomic E-state index is 13.8. The summed E-state index contributed by atoms with van der Waals surface area (Å²) in [6.45, 7) is 1.95. The van der Waals surface area contributed by atoms with E-state index < -0.39 is 23.8 Å². The highest BCUT2D eigenvalue weighted by Gasteiger charge is 2.34. The Hall–Kier alpha value is -4.79. The number of ether oxygens (including phenoxy) is 1. The number of nitrogens with zero attached hydrogens (tertiary/aromatic N) is 1. The molecule has 0 radical (unpaired) electrons. The maximum Gasteiger partial charge on any atom is 0.287 e. The molecule has 9 nitrogen and oxygen atoms in total. The van der Waals surface area contributed by atoms with Crippen molar-refractivity contribution in [2.45, 2.75) is 19.5 Å². The van der Waals surface area contributed by atoms with Gasteiger partial charge < -0.3 is 24.2 Å². The molecule has 0 aliphatic carbocycles. The molecule has 0 aliphatic heterocycles. The molecule has 3 amide bonds. The van der Waals surface area contributed by atoms with E-state index in [1.54, 1.807) is 66.7 Å². The number of hydrogen-bond acceptors (Lipinski definition) is 6. The van der Waals surface area contributed by atoms with Crippen LogP contribution in [0.25, 0.3) is 0 Å². The van der Waals surface area contributed by atoms with E-state index in [1.807, 2.05) is 13.0 Å². The molecule has 4 rings (SSSR count). The van der Waals surface area contributed by atoms with Crippen LogP contribution >= 0.6 is 0 Å². The topological polar surface area (TPSA) is 114 Å². The van der Waals surface area contributed by atoms with E-state index in [0.717, 1.165) is 0 Å². The molecular weight excluding hydrogens is 474 g/mol. The highest BCUT2D eigenvalue weighted by Crippen LogP contribution is 2.35. The summed E-state index contributed by atoms with van der Waals surface area (Å²) in [5, 5.41) is 5.43. The number of amides is 3. The molecule has 0 unspecified atom stereocenters. The lowest BCUT2D eigenvalue weighted by atomic mass is 10.0. The lowest BCUT2D eigenvalue weighted by Crippen LogP contribution is -2.47. The Balaban J connectivity index is 1.70. The molecule has 37 heavy (non-hydrogen) atoms. The Morgan fingerprint density at radius 1 is 0.865 bits per heavy atom. The number of carbonyl (C=O) groups excluding carboxylic acids is 3. The summed E-state index contributed by atoms with van der Waals surface area (Å²) in [5.41, 5.74) is 0.972. The van der Waals surface area contributed by atoms with E-state index in [2.05, 4.69) is 10.6 Å². The summed E-state index contributed by atoms with van der Waals surface area (Å²) >= 11 is 0. The minimum atomic E-state index is -1.06. The van der Waals surface area contributed by atoms with Crippen LogP contribution in [0.4, 0.5) is 5.69 Å². The number of rotatable bonds is 11. The first-order valence-electron chi connectivity index (χ1n) is 11.8. The van der Waals surface area contributed by atoms with E-state index >= 15 is 0 Å². The molecule has 0 spiro atoms. The maximum absolute atomic E-state index is 13.8.